The number of aliphatic hydroxyl groups excluding tert-OH is 1. The summed E-state index contributed by atoms with van der Waals surface area (Å²) in [5, 5.41) is 21.6. The van der Waals surface area contributed by atoms with Gasteiger partial charge in [-0.3, -0.25) is 10.1 Å². The number of nitro groups is 1. The van der Waals surface area contributed by atoms with Crippen LogP contribution in [0.3, 0.4) is 0 Å². The summed E-state index contributed by atoms with van der Waals surface area (Å²) in [5.74, 6) is -0.972. The standard InChI is InChI=1S/C19H14N2O5S/c1-26-19(23)16-17(22)15(10-12-6-3-2-4-7-12)27-18(16)20-13-8-5-9-14(11-13)21(24)25/h2-11,22H,1H3. The van der Waals surface area contributed by atoms with E-state index in [9.17, 15) is 20.0 Å². The van der Waals surface area contributed by atoms with E-state index < -0.39 is 10.9 Å². The Morgan fingerprint density at radius 3 is 2.63 bits per heavy atom. The smallest absolute Gasteiger partial charge is 0.344 e. The van der Waals surface area contributed by atoms with E-state index in [4.69, 9.17) is 4.74 Å². The summed E-state index contributed by atoms with van der Waals surface area (Å²) in [6, 6.07) is 15.0. The largest absolute Gasteiger partial charge is 0.506 e. The molecule has 27 heavy (non-hydrogen) atoms. The van der Waals surface area contributed by atoms with E-state index in [1.807, 2.05) is 30.3 Å². The monoisotopic (exact) mass is 382 g/mol. The number of nitrogens with zero attached hydrogens (tertiary/aromatic N) is 2. The topological polar surface area (TPSA) is 102 Å². The first-order valence-corrected chi connectivity index (χ1v) is 8.61. The Balaban J connectivity index is 2.05. The van der Waals surface area contributed by atoms with E-state index >= 15 is 0 Å². The van der Waals surface area contributed by atoms with Gasteiger partial charge in [-0.05, 0) is 17.7 Å². The van der Waals surface area contributed by atoms with E-state index in [-0.39, 0.29) is 22.1 Å². The van der Waals surface area contributed by atoms with Crippen LogP contribution < -0.4 is 0 Å². The predicted molar refractivity (Wildman–Crippen MR) is 104 cm³/mol. The highest BCUT2D eigenvalue weighted by molar-refractivity contribution is 8.18. The van der Waals surface area contributed by atoms with Crippen molar-refractivity contribution in [3.63, 3.8) is 0 Å². The molecule has 0 radical (unpaired) electrons. The van der Waals surface area contributed by atoms with Crippen molar-refractivity contribution in [2.45, 2.75) is 0 Å². The van der Waals surface area contributed by atoms with Crippen LogP contribution in [-0.2, 0) is 9.53 Å². The Hall–Kier alpha value is -3.39. The summed E-state index contributed by atoms with van der Waals surface area (Å²) < 4.78 is 4.75. The second kappa shape index (κ2) is 7.88. The highest BCUT2D eigenvalue weighted by Crippen LogP contribution is 2.40. The maximum Gasteiger partial charge on any atom is 0.344 e. The number of nitro benzene ring substituents is 1. The van der Waals surface area contributed by atoms with Crippen LogP contribution in [0.25, 0.3) is 6.08 Å². The third-order valence-corrected chi connectivity index (χ3v) is 4.67. The van der Waals surface area contributed by atoms with Gasteiger partial charge < -0.3 is 9.84 Å². The van der Waals surface area contributed by atoms with Crippen LogP contribution in [-0.4, -0.2) is 28.2 Å². The lowest BCUT2D eigenvalue weighted by atomic mass is 10.1. The molecule has 2 aromatic rings. The van der Waals surface area contributed by atoms with Gasteiger partial charge >= 0.3 is 5.97 Å². The van der Waals surface area contributed by atoms with Crippen molar-refractivity contribution in [3.05, 3.63) is 86.5 Å². The number of non-ortho nitro benzene ring substituents is 1. The minimum absolute atomic E-state index is 0.0730. The summed E-state index contributed by atoms with van der Waals surface area (Å²) in [6.45, 7) is 0. The first-order chi connectivity index (χ1) is 13.0. The van der Waals surface area contributed by atoms with Gasteiger partial charge in [-0.1, -0.05) is 48.2 Å². The molecule has 7 nitrogen and oxygen atoms in total. The number of aliphatic imine (C=N–C) groups is 1. The van der Waals surface area contributed by atoms with Gasteiger partial charge in [-0.25, -0.2) is 9.79 Å². The number of methoxy groups -OCH3 is 1. The van der Waals surface area contributed by atoms with Gasteiger partial charge in [0.05, 0.1) is 22.6 Å². The number of aliphatic hydroxyl groups is 1. The van der Waals surface area contributed by atoms with Gasteiger partial charge in [-0.15, -0.1) is 0 Å². The molecule has 0 atom stereocenters. The molecule has 0 saturated carbocycles. The molecule has 136 valence electrons. The van der Waals surface area contributed by atoms with Crippen molar-refractivity contribution >= 4 is 40.2 Å². The highest BCUT2D eigenvalue weighted by atomic mass is 32.2. The quantitative estimate of drug-likeness (QED) is 0.478. The summed E-state index contributed by atoms with van der Waals surface area (Å²) in [5.41, 5.74) is 0.943. The van der Waals surface area contributed by atoms with Crippen molar-refractivity contribution in [3.8, 4) is 0 Å². The number of esters is 1. The zero-order valence-corrected chi connectivity index (χ0v) is 15.0. The van der Waals surface area contributed by atoms with Crippen molar-refractivity contribution < 1.29 is 19.6 Å². The Kier molecular flexibility index (Phi) is 5.37. The minimum Gasteiger partial charge on any atom is -0.506 e. The SMILES string of the molecule is COC(=O)C1=C(O)C(=Cc2ccccc2)SC1=Nc1cccc([N+](=O)[O-])c1. The summed E-state index contributed by atoms with van der Waals surface area (Å²) >= 11 is 1.09. The number of ether oxygens (including phenoxy) is 1. The molecule has 0 unspecified atom stereocenters. The molecule has 2 aromatic carbocycles. The van der Waals surface area contributed by atoms with E-state index in [0.717, 1.165) is 17.3 Å². The highest BCUT2D eigenvalue weighted by Gasteiger charge is 2.33. The minimum atomic E-state index is -0.736. The molecular formula is C19H14N2O5S. The van der Waals surface area contributed by atoms with Crippen molar-refractivity contribution in [2.24, 2.45) is 4.99 Å². The predicted octanol–water partition coefficient (Wildman–Crippen LogP) is 4.40. The van der Waals surface area contributed by atoms with Gasteiger partial charge in [0.2, 0.25) is 0 Å². The molecule has 0 bridgehead atoms. The second-order valence-electron chi connectivity index (χ2n) is 5.43. The summed E-state index contributed by atoms with van der Waals surface area (Å²) in [4.78, 5) is 27.3. The van der Waals surface area contributed by atoms with Crippen LogP contribution in [0, 0.1) is 10.1 Å². The van der Waals surface area contributed by atoms with Gasteiger partial charge in [0.1, 0.15) is 16.4 Å². The average molecular weight is 382 g/mol. The second-order valence-corrected chi connectivity index (χ2v) is 6.46. The maximum atomic E-state index is 12.1. The fraction of sp³-hybridized carbons (Fsp3) is 0.0526. The molecule has 0 amide bonds. The van der Waals surface area contributed by atoms with Crippen LogP contribution in [0.4, 0.5) is 11.4 Å². The van der Waals surface area contributed by atoms with Crippen molar-refractivity contribution in [1.29, 1.82) is 0 Å². The fourth-order valence-corrected chi connectivity index (χ4v) is 3.42. The van der Waals surface area contributed by atoms with Crippen molar-refractivity contribution in [1.82, 2.24) is 0 Å². The lowest BCUT2D eigenvalue weighted by molar-refractivity contribution is -0.384. The maximum absolute atomic E-state index is 12.1. The van der Waals surface area contributed by atoms with Crippen LogP contribution in [0.2, 0.25) is 0 Å². The lowest BCUT2D eigenvalue weighted by Crippen LogP contribution is -2.10. The summed E-state index contributed by atoms with van der Waals surface area (Å²) in [6.07, 6.45) is 1.72. The number of rotatable bonds is 4. The first kappa shape index (κ1) is 18.4. The molecule has 1 aliphatic rings. The van der Waals surface area contributed by atoms with Gasteiger partial charge in [0.25, 0.3) is 5.69 Å². The lowest BCUT2D eigenvalue weighted by Gasteiger charge is -2.02. The summed E-state index contributed by atoms with van der Waals surface area (Å²) in [7, 11) is 1.21. The fourth-order valence-electron chi connectivity index (χ4n) is 2.38. The zero-order chi connectivity index (χ0) is 19.4. The zero-order valence-electron chi connectivity index (χ0n) is 14.2. The van der Waals surface area contributed by atoms with E-state index in [0.29, 0.717) is 10.6 Å². The number of benzene rings is 2. The number of carbonyl (C=O) groups is 1. The average Bonchev–Trinajstić information content (AvgIpc) is 2.97. The molecule has 0 saturated heterocycles. The van der Waals surface area contributed by atoms with E-state index in [1.165, 1.54) is 25.3 Å². The number of thioether (sulfide) groups is 1. The van der Waals surface area contributed by atoms with Gasteiger partial charge in [-0.2, -0.15) is 0 Å². The Labute approximate surface area is 158 Å². The molecule has 0 spiro atoms. The van der Waals surface area contributed by atoms with Crippen LogP contribution in [0.5, 0.6) is 0 Å². The normalized spacial score (nSPS) is 16.8. The van der Waals surface area contributed by atoms with Crippen LogP contribution in [0.15, 0.2) is 75.8 Å². The Morgan fingerprint density at radius 1 is 1.22 bits per heavy atom. The Bertz CT molecular complexity index is 996. The first-order valence-electron chi connectivity index (χ1n) is 7.79. The molecule has 1 aliphatic heterocycles. The van der Waals surface area contributed by atoms with Gasteiger partial charge in [0.15, 0.2) is 0 Å². The third-order valence-electron chi connectivity index (χ3n) is 3.65. The molecule has 0 aliphatic carbocycles. The van der Waals surface area contributed by atoms with E-state index in [1.54, 1.807) is 12.1 Å². The Morgan fingerprint density at radius 2 is 1.96 bits per heavy atom. The molecule has 1 N–H and O–H groups in total. The number of carbonyl (C=O) groups excluding carboxylic acids is 1. The molecule has 1 heterocycles. The molecular weight excluding hydrogens is 368 g/mol. The number of hydrogen-bond acceptors (Lipinski definition) is 7. The molecule has 3 rings (SSSR count). The molecule has 0 aromatic heterocycles. The van der Waals surface area contributed by atoms with E-state index in [2.05, 4.69) is 4.99 Å². The molecule has 0 fully saturated rings. The molecule has 8 heteroatoms. The third kappa shape index (κ3) is 4.06. The van der Waals surface area contributed by atoms with Crippen LogP contribution >= 0.6 is 11.8 Å². The van der Waals surface area contributed by atoms with Crippen LogP contribution in [0.1, 0.15) is 5.56 Å². The number of hydrogen-bond donors (Lipinski definition) is 1. The van der Waals surface area contributed by atoms with Crippen molar-refractivity contribution in [2.75, 3.05) is 7.11 Å². The van der Waals surface area contributed by atoms with Gasteiger partial charge in [0, 0.05) is 12.1 Å².